The predicted octanol–water partition coefficient (Wildman–Crippen LogP) is -0.608. The molecule has 0 rings (SSSR count). The minimum absolute atomic E-state index is 0. The Morgan fingerprint density at radius 2 is 1.75 bits per heavy atom. The molecule has 0 aromatic carbocycles. The van der Waals surface area contributed by atoms with Crippen LogP contribution in [0.2, 0.25) is 0 Å². The fourth-order valence-corrected chi connectivity index (χ4v) is 0. The molecule has 3 nitrogen and oxygen atoms in total. The molecule has 0 fully saturated rings. The van der Waals surface area contributed by atoms with Crippen molar-refractivity contribution in [2.45, 2.75) is 0 Å². The molecule has 0 amide bonds. The summed E-state index contributed by atoms with van der Waals surface area (Å²) in [4.78, 5) is 8.63. The average molecular weight is 286 g/mol. The summed E-state index contributed by atoms with van der Waals surface area (Å²) in [6.07, 6.45) is 0. The Kier molecular flexibility index (Phi) is 20.9. The van der Waals surface area contributed by atoms with Crippen LogP contribution < -0.4 is 0 Å². The van der Waals surface area contributed by atoms with E-state index in [9.17, 15) is 0 Å². The number of nitroso groups, excluding NO2 is 1. The Bertz CT molecular complexity index is 13.5. The van der Waals surface area contributed by atoms with Gasteiger partial charge in [-0.2, -0.15) is 0 Å². The van der Waals surface area contributed by atoms with Crippen molar-refractivity contribution in [1.82, 2.24) is 0 Å². The first-order chi connectivity index (χ1) is 1.41. The molecule has 2 N–H and O–H groups in total. The molecule has 23 valence electrons. The van der Waals surface area contributed by atoms with E-state index in [-0.39, 0.29) is 35.2 Å². The van der Waals surface area contributed by atoms with Crippen molar-refractivity contribution < 1.29 is 35.2 Å². The van der Waals surface area contributed by atoms with Crippen LogP contribution in [-0.4, -0.2) is 5.48 Å². The van der Waals surface area contributed by atoms with Crippen molar-refractivity contribution in [1.29, 1.82) is 0 Å². The summed E-state index contributed by atoms with van der Waals surface area (Å²) in [6, 6.07) is 0. The van der Waals surface area contributed by atoms with E-state index in [1.807, 2.05) is 0 Å². The maximum absolute atomic E-state index is 8.63. The fourth-order valence-electron chi connectivity index (χ4n) is 0. The molecule has 4 heavy (non-hydrogen) atoms. The van der Waals surface area contributed by atoms with Gasteiger partial charge in [-0.1, -0.05) is 0 Å². The quantitative estimate of drug-likeness (QED) is 0.548. The second-order valence-electron chi connectivity index (χ2n) is 0.0913. The van der Waals surface area contributed by atoms with Crippen molar-refractivity contribution in [2.24, 2.45) is 2.51 Å². The molecule has 0 aliphatic carbocycles. The third kappa shape index (κ3) is 18.1. The van der Waals surface area contributed by atoms with Crippen LogP contribution in [0, 0.1) is 34.7 Å². The number of nitrogens with zero attached hydrogens (tertiary/aromatic N) is 1. The zero-order chi connectivity index (χ0) is 2.71. The molecule has 0 aliphatic heterocycles. The van der Waals surface area contributed by atoms with Crippen LogP contribution in [0.15, 0.2) is 2.51 Å². The van der Waals surface area contributed by atoms with Gasteiger partial charge in [0, 0.05) is 0 Å². The molecule has 0 saturated heterocycles. The molecule has 0 radical (unpaired) electrons. The SMILES string of the molecule is O.O=[N][U]. The molecule has 0 saturated carbocycles. The van der Waals surface area contributed by atoms with Crippen LogP contribution in [0.1, 0.15) is 0 Å². The van der Waals surface area contributed by atoms with Gasteiger partial charge >= 0.3 is 37.2 Å². The minimum atomic E-state index is 0. The van der Waals surface area contributed by atoms with E-state index in [0.29, 0.717) is 0 Å². The summed E-state index contributed by atoms with van der Waals surface area (Å²) in [6.45, 7) is 0. The van der Waals surface area contributed by atoms with Crippen LogP contribution in [0.4, 0.5) is 0 Å². The average Bonchev–Trinajstić information content (AvgIpc) is 0.918. The standard InChI is InChI=1S/NO.H2O.U/c1-2;;/h;1H2;/q-1;;+1. The van der Waals surface area contributed by atoms with Crippen LogP contribution in [0.5, 0.6) is 0 Å². The number of hydrogen-bond donors (Lipinski definition) is 0. The topological polar surface area (TPSA) is 60.9 Å². The van der Waals surface area contributed by atoms with E-state index < -0.39 is 0 Å². The molecular formula is H2NO2U. The van der Waals surface area contributed by atoms with E-state index in [4.69, 9.17) is 4.91 Å². The van der Waals surface area contributed by atoms with Crippen molar-refractivity contribution in [3.05, 3.63) is 4.91 Å². The van der Waals surface area contributed by atoms with Gasteiger partial charge < -0.3 is 5.48 Å². The van der Waals surface area contributed by atoms with Crippen molar-refractivity contribution in [3.8, 4) is 0 Å². The van der Waals surface area contributed by atoms with E-state index in [2.05, 4.69) is 2.51 Å². The van der Waals surface area contributed by atoms with Crippen LogP contribution >= 0.6 is 0 Å². The Hall–Kier alpha value is 0.612. The van der Waals surface area contributed by atoms with Gasteiger partial charge in [-0.15, -0.1) is 0 Å². The Morgan fingerprint density at radius 3 is 1.75 bits per heavy atom. The summed E-state index contributed by atoms with van der Waals surface area (Å²) >= 11 is 0.278. The molecule has 0 aromatic rings. The van der Waals surface area contributed by atoms with E-state index in [1.54, 1.807) is 0 Å². The van der Waals surface area contributed by atoms with E-state index >= 15 is 0 Å². The van der Waals surface area contributed by atoms with Crippen molar-refractivity contribution in [3.63, 3.8) is 0 Å². The van der Waals surface area contributed by atoms with Gasteiger partial charge in [0.05, 0.1) is 0 Å². The summed E-state index contributed by atoms with van der Waals surface area (Å²) in [5.41, 5.74) is 0. The zero-order valence-electron chi connectivity index (χ0n) is 1.86. The molecule has 0 atom stereocenters. The second kappa shape index (κ2) is 9.48. The first-order valence-corrected chi connectivity index (χ1v) is 2.27. The summed E-state index contributed by atoms with van der Waals surface area (Å²) in [5.74, 6) is 0. The van der Waals surface area contributed by atoms with Gasteiger partial charge in [-0.3, -0.25) is 0 Å². The Morgan fingerprint density at radius 1 is 1.75 bits per heavy atom. The van der Waals surface area contributed by atoms with E-state index in [0.717, 1.165) is 0 Å². The molecule has 0 aromatic heterocycles. The normalized spacial score (nSPS) is 3.50. The van der Waals surface area contributed by atoms with Crippen molar-refractivity contribution >= 4 is 0 Å². The van der Waals surface area contributed by atoms with Gasteiger partial charge in [0.15, 0.2) is 0 Å². The molecule has 0 heterocycles. The predicted molar refractivity (Wildman–Crippen MR) is 9.41 cm³/mol. The second-order valence-corrected chi connectivity index (χ2v) is 0.851. The molecule has 0 unspecified atom stereocenters. The maximum atomic E-state index is 8.63. The van der Waals surface area contributed by atoms with Gasteiger partial charge in [0.1, 0.15) is 0 Å². The molecule has 0 spiro atoms. The molecule has 0 bridgehead atoms. The van der Waals surface area contributed by atoms with Gasteiger partial charge in [-0.05, 0) is 0 Å². The third-order valence-corrected chi connectivity index (χ3v) is 0. The molecule has 4 heteroatoms. The van der Waals surface area contributed by atoms with Gasteiger partial charge in [-0.25, -0.2) is 0 Å². The fraction of sp³-hybridized carbons (Fsp3) is 0. The Labute approximate surface area is 42.8 Å². The third-order valence-electron chi connectivity index (χ3n) is 0. The molecular weight excluding hydrogens is 284 g/mol. The summed E-state index contributed by atoms with van der Waals surface area (Å²) in [7, 11) is 0. The Balaban J connectivity index is 0. The number of rotatable bonds is 0. The zero-order valence-corrected chi connectivity index (χ0v) is 6.02. The van der Waals surface area contributed by atoms with Crippen molar-refractivity contribution in [2.75, 3.05) is 0 Å². The number of hydrogen-bond acceptors (Lipinski definition) is 2. The van der Waals surface area contributed by atoms with Crippen LogP contribution in [0.25, 0.3) is 0 Å². The first-order valence-electron chi connectivity index (χ1n) is 0.406. The first kappa shape index (κ1) is 8.82. The summed E-state index contributed by atoms with van der Waals surface area (Å²) in [5, 5.41) is 0. The summed E-state index contributed by atoms with van der Waals surface area (Å²) < 4.78 is 2.42. The van der Waals surface area contributed by atoms with Gasteiger partial charge in [0.2, 0.25) is 0 Å². The monoisotopic (exact) mass is 286 g/mol. The van der Waals surface area contributed by atoms with Crippen LogP contribution in [-0.2, 0) is 0 Å². The van der Waals surface area contributed by atoms with Gasteiger partial charge in [0.25, 0.3) is 0 Å². The van der Waals surface area contributed by atoms with E-state index in [1.165, 1.54) is 0 Å². The van der Waals surface area contributed by atoms with Crippen LogP contribution in [0.3, 0.4) is 0 Å². The molecule has 0 aliphatic rings.